The molecule has 2 unspecified atom stereocenters. The smallest absolute Gasteiger partial charge is 0.134 e. The maximum atomic E-state index is 14.8. The van der Waals surface area contributed by atoms with Crippen LogP contribution in [0.4, 0.5) is 10.1 Å². The third-order valence-electron chi connectivity index (χ3n) is 5.68. The van der Waals surface area contributed by atoms with E-state index in [1.165, 1.54) is 0 Å². The third-order valence-corrected chi connectivity index (χ3v) is 5.68. The molecule has 1 aromatic carbocycles. The molecule has 0 bridgehead atoms. The minimum Gasteiger partial charge on any atom is -0.377 e. The molecule has 0 saturated carbocycles. The summed E-state index contributed by atoms with van der Waals surface area (Å²) in [5.41, 5.74) is 3.53. The first-order chi connectivity index (χ1) is 11.2. The van der Waals surface area contributed by atoms with Crippen LogP contribution in [0.2, 0.25) is 0 Å². The second kappa shape index (κ2) is 4.79. The summed E-state index contributed by atoms with van der Waals surface area (Å²) >= 11 is 0. The molecule has 3 heterocycles. The van der Waals surface area contributed by atoms with Gasteiger partial charge in [0.15, 0.2) is 0 Å². The number of anilines is 1. The molecule has 4 rings (SSSR count). The first kappa shape index (κ1) is 15.6. The van der Waals surface area contributed by atoms with Crippen molar-refractivity contribution in [1.29, 1.82) is 0 Å². The molecular formula is C18H23FN4O. The van der Waals surface area contributed by atoms with Crippen molar-refractivity contribution in [2.24, 2.45) is 7.05 Å². The van der Waals surface area contributed by atoms with Crippen molar-refractivity contribution in [1.82, 2.24) is 15.0 Å². The van der Waals surface area contributed by atoms with Crippen molar-refractivity contribution < 1.29 is 9.13 Å². The summed E-state index contributed by atoms with van der Waals surface area (Å²) in [5, 5.41) is 11.6. The number of fused-ring (bicyclic) bond motifs is 3. The number of hydrogen-bond donors (Lipinski definition) is 1. The fraction of sp³-hybridized carbons (Fsp3) is 0.556. The van der Waals surface area contributed by atoms with Crippen molar-refractivity contribution >= 4 is 5.69 Å². The van der Waals surface area contributed by atoms with Crippen molar-refractivity contribution in [2.75, 3.05) is 11.9 Å². The molecule has 0 amide bonds. The molecule has 0 aliphatic carbocycles. The van der Waals surface area contributed by atoms with E-state index in [-0.39, 0.29) is 22.9 Å². The van der Waals surface area contributed by atoms with Gasteiger partial charge in [-0.15, -0.1) is 5.10 Å². The molecule has 1 fully saturated rings. The Balaban J connectivity index is 1.93. The van der Waals surface area contributed by atoms with E-state index in [0.29, 0.717) is 11.3 Å². The Morgan fingerprint density at radius 3 is 2.75 bits per heavy atom. The highest BCUT2D eigenvalue weighted by atomic mass is 19.1. The summed E-state index contributed by atoms with van der Waals surface area (Å²) < 4.78 is 22.5. The molecule has 0 radical (unpaired) electrons. The second-order valence-corrected chi connectivity index (χ2v) is 7.79. The standard InChI is InChI=1S/C18H23FN4O/c1-10-15(21-22-23(10)5)11-8-12-14(9-13(11)19)20-17(2,3)16-18(12,4)6-7-24-16/h8-9,16,20H,6-7H2,1-5H3. The van der Waals surface area contributed by atoms with Gasteiger partial charge in [0, 0.05) is 30.3 Å². The second-order valence-electron chi connectivity index (χ2n) is 7.79. The summed E-state index contributed by atoms with van der Waals surface area (Å²) in [6.45, 7) is 9.07. The maximum Gasteiger partial charge on any atom is 0.134 e. The Morgan fingerprint density at radius 1 is 1.33 bits per heavy atom. The predicted octanol–water partition coefficient (Wildman–Crippen LogP) is 3.18. The normalized spacial score (nSPS) is 27.5. The van der Waals surface area contributed by atoms with Crippen molar-refractivity contribution in [2.45, 2.75) is 51.2 Å². The van der Waals surface area contributed by atoms with Gasteiger partial charge in [-0.1, -0.05) is 12.1 Å². The third kappa shape index (κ3) is 1.95. The number of rotatable bonds is 1. The fourth-order valence-electron chi connectivity index (χ4n) is 4.38. The molecule has 24 heavy (non-hydrogen) atoms. The van der Waals surface area contributed by atoms with Gasteiger partial charge in [-0.05, 0) is 44.9 Å². The Hall–Kier alpha value is -1.95. The lowest BCUT2D eigenvalue weighted by Gasteiger charge is -2.48. The first-order valence-electron chi connectivity index (χ1n) is 8.34. The molecule has 1 N–H and O–H groups in total. The molecule has 5 nitrogen and oxygen atoms in total. The van der Waals surface area contributed by atoms with Crippen LogP contribution in [-0.2, 0) is 17.2 Å². The monoisotopic (exact) mass is 330 g/mol. The zero-order valence-electron chi connectivity index (χ0n) is 14.8. The van der Waals surface area contributed by atoms with Crippen LogP contribution in [0.15, 0.2) is 12.1 Å². The number of nitrogens with one attached hydrogen (secondary N) is 1. The highest BCUT2D eigenvalue weighted by molar-refractivity contribution is 5.71. The Morgan fingerprint density at radius 2 is 2.08 bits per heavy atom. The minimum absolute atomic E-state index is 0.0544. The van der Waals surface area contributed by atoms with Crippen LogP contribution in [0.25, 0.3) is 11.3 Å². The zero-order valence-corrected chi connectivity index (χ0v) is 14.8. The van der Waals surface area contributed by atoms with Crippen LogP contribution in [0.3, 0.4) is 0 Å². The van der Waals surface area contributed by atoms with E-state index in [4.69, 9.17) is 4.74 Å². The van der Waals surface area contributed by atoms with Crippen LogP contribution in [0.1, 0.15) is 38.4 Å². The van der Waals surface area contributed by atoms with Gasteiger partial charge < -0.3 is 10.1 Å². The lowest BCUT2D eigenvalue weighted by Crippen LogP contribution is -2.56. The summed E-state index contributed by atoms with van der Waals surface area (Å²) in [5.74, 6) is -0.276. The summed E-state index contributed by atoms with van der Waals surface area (Å²) in [6.07, 6.45) is 0.985. The Kier molecular flexibility index (Phi) is 3.10. The van der Waals surface area contributed by atoms with Gasteiger partial charge in [0.25, 0.3) is 0 Å². The average molecular weight is 330 g/mol. The van der Waals surface area contributed by atoms with E-state index in [1.807, 2.05) is 20.0 Å². The van der Waals surface area contributed by atoms with E-state index in [1.54, 1.807) is 10.7 Å². The van der Waals surface area contributed by atoms with Crippen molar-refractivity contribution in [3.8, 4) is 11.3 Å². The summed E-state index contributed by atoms with van der Waals surface area (Å²) in [6, 6.07) is 3.53. The number of aryl methyl sites for hydroxylation is 1. The van der Waals surface area contributed by atoms with Gasteiger partial charge in [-0.25, -0.2) is 4.39 Å². The van der Waals surface area contributed by atoms with Crippen LogP contribution in [-0.4, -0.2) is 33.2 Å². The Bertz CT molecular complexity index is 829. The van der Waals surface area contributed by atoms with Crippen LogP contribution < -0.4 is 5.32 Å². The number of nitrogens with zero attached hydrogens (tertiary/aromatic N) is 3. The van der Waals surface area contributed by atoms with Crippen molar-refractivity contribution in [3.63, 3.8) is 0 Å². The van der Waals surface area contributed by atoms with Crippen LogP contribution in [0.5, 0.6) is 0 Å². The number of aromatic nitrogens is 3. The SMILES string of the molecule is Cc1c(-c2cc3c(cc2F)NC(C)(C)C2OCCC32C)nnn1C. The van der Waals surface area contributed by atoms with Gasteiger partial charge in [-0.3, -0.25) is 4.68 Å². The Labute approximate surface area is 141 Å². The van der Waals surface area contributed by atoms with Gasteiger partial charge in [0.2, 0.25) is 0 Å². The van der Waals surface area contributed by atoms with E-state index < -0.39 is 0 Å². The average Bonchev–Trinajstić information content (AvgIpc) is 3.04. The van der Waals surface area contributed by atoms with Gasteiger partial charge in [-0.2, -0.15) is 0 Å². The molecule has 2 aromatic rings. The summed E-state index contributed by atoms with van der Waals surface area (Å²) in [4.78, 5) is 0. The predicted molar refractivity (Wildman–Crippen MR) is 90.5 cm³/mol. The molecule has 128 valence electrons. The lowest BCUT2D eigenvalue weighted by molar-refractivity contribution is 0.0352. The zero-order chi connectivity index (χ0) is 17.3. The number of halogens is 1. The maximum absolute atomic E-state index is 14.8. The topological polar surface area (TPSA) is 52.0 Å². The van der Waals surface area contributed by atoms with E-state index >= 15 is 0 Å². The minimum atomic E-state index is -0.276. The fourth-order valence-corrected chi connectivity index (χ4v) is 4.38. The molecule has 2 aliphatic heterocycles. The van der Waals surface area contributed by atoms with E-state index in [2.05, 4.69) is 36.4 Å². The highest BCUT2D eigenvalue weighted by Crippen LogP contribution is 2.51. The molecule has 0 spiro atoms. The van der Waals surface area contributed by atoms with Crippen molar-refractivity contribution in [3.05, 3.63) is 29.2 Å². The molecular weight excluding hydrogens is 307 g/mol. The number of benzene rings is 1. The largest absolute Gasteiger partial charge is 0.377 e. The van der Waals surface area contributed by atoms with Gasteiger partial charge in [0.1, 0.15) is 11.5 Å². The highest BCUT2D eigenvalue weighted by Gasteiger charge is 2.53. The van der Waals surface area contributed by atoms with Gasteiger partial charge in [0.05, 0.1) is 17.3 Å². The molecule has 2 atom stereocenters. The molecule has 1 saturated heterocycles. The number of ether oxygens (including phenoxy) is 1. The van der Waals surface area contributed by atoms with Crippen LogP contribution in [0, 0.1) is 12.7 Å². The molecule has 2 aliphatic rings. The van der Waals surface area contributed by atoms with Crippen LogP contribution >= 0.6 is 0 Å². The first-order valence-corrected chi connectivity index (χ1v) is 8.34. The van der Waals surface area contributed by atoms with E-state index in [0.717, 1.165) is 30.0 Å². The van der Waals surface area contributed by atoms with Gasteiger partial charge >= 0.3 is 0 Å². The molecule has 1 aromatic heterocycles. The summed E-state index contributed by atoms with van der Waals surface area (Å²) in [7, 11) is 1.81. The lowest BCUT2D eigenvalue weighted by atomic mass is 9.67. The molecule has 6 heteroatoms. The van der Waals surface area contributed by atoms with E-state index in [9.17, 15) is 4.39 Å². The number of hydrogen-bond acceptors (Lipinski definition) is 4. The quantitative estimate of drug-likeness (QED) is 0.872.